The number of carbonyl (C=O) groups is 1. The molecule has 0 bridgehead atoms. The maximum atomic E-state index is 12.9. The number of piperidine rings is 1. The summed E-state index contributed by atoms with van der Waals surface area (Å²) >= 11 is 5.90. The number of sulfonamides is 1. The third-order valence-corrected chi connectivity index (χ3v) is 6.99. The number of benzene rings is 2. The number of carbonyl (C=O) groups excluding carboxylic acids is 1. The predicted molar refractivity (Wildman–Crippen MR) is 127 cm³/mol. The second-order valence-electron chi connectivity index (χ2n) is 7.55. The Morgan fingerprint density at radius 2 is 1.59 bits per heavy atom. The number of amides is 1. The normalized spacial score (nSPS) is 14.7. The second kappa shape index (κ2) is 9.58. The van der Waals surface area contributed by atoms with Gasteiger partial charge in [-0.25, -0.2) is 13.4 Å². The Morgan fingerprint density at radius 3 is 2.25 bits per heavy atom. The van der Waals surface area contributed by atoms with Crippen LogP contribution in [0.5, 0.6) is 0 Å². The Hall–Kier alpha value is -3.10. The van der Waals surface area contributed by atoms with E-state index in [-0.39, 0.29) is 16.7 Å². The van der Waals surface area contributed by atoms with E-state index in [1.54, 1.807) is 54.7 Å². The minimum absolute atomic E-state index is 0.125. The van der Waals surface area contributed by atoms with Crippen LogP contribution in [0, 0.1) is 5.92 Å². The van der Waals surface area contributed by atoms with Crippen molar-refractivity contribution in [3.05, 3.63) is 77.9 Å². The van der Waals surface area contributed by atoms with Gasteiger partial charge in [0, 0.05) is 25.2 Å². The summed E-state index contributed by atoms with van der Waals surface area (Å²) < 4.78 is 28.0. The van der Waals surface area contributed by atoms with Crippen molar-refractivity contribution < 1.29 is 13.2 Å². The molecule has 0 unspecified atom stereocenters. The molecule has 0 aliphatic carbocycles. The lowest BCUT2D eigenvalue weighted by Crippen LogP contribution is -2.38. The Balaban J connectivity index is 1.41. The van der Waals surface area contributed by atoms with E-state index in [0.717, 1.165) is 5.82 Å². The van der Waals surface area contributed by atoms with Crippen molar-refractivity contribution in [3.63, 3.8) is 0 Å². The monoisotopic (exact) mass is 470 g/mol. The van der Waals surface area contributed by atoms with E-state index in [9.17, 15) is 13.2 Å². The van der Waals surface area contributed by atoms with Gasteiger partial charge in [0.2, 0.25) is 5.91 Å². The van der Waals surface area contributed by atoms with E-state index in [0.29, 0.717) is 42.3 Å². The molecule has 7 nitrogen and oxygen atoms in total. The van der Waals surface area contributed by atoms with Crippen LogP contribution in [0.2, 0.25) is 5.02 Å². The van der Waals surface area contributed by atoms with E-state index >= 15 is 0 Å². The number of aromatic nitrogens is 1. The van der Waals surface area contributed by atoms with Crippen LogP contribution in [0.4, 0.5) is 17.2 Å². The summed E-state index contributed by atoms with van der Waals surface area (Å²) in [6.07, 6.45) is 2.96. The first-order valence-corrected chi connectivity index (χ1v) is 12.1. The lowest BCUT2D eigenvalue weighted by molar-refractivity contribution is -0.120. The van der Waals surface area contributed by atoms with Gasteiger partial charge in [-0.05, 0) is 49.2 Å². The van der Waals surface area contributed by atoms with Gasteiger partial charge >= 0.3 is 0 Å². The molecule has 2 N–H and O–H groups in total. The molecule has 3 aromatic rings. The summed E-state index contributed by atoms with van der Waals surface area (Å²) in [7, 11) is -3.76. The first kappa shape index (κ1) is 22.1. The average Bonchev–Trinajstić information content (AvgIpc) is 2.81. The Bertz CT molecular complexity index is 1180. The van der Waals surface area contributed by atoms with Crippen molar-refractivity contribution in [2.45, 2.75) is 17.7 Å². The Morgan fingerprint density at radius 1 is 0.938 bits per heavy atom. The first-order chi connectivity index (χ1) is 15.4. The lowest BCUT2D eigenvalue weighted by Gasteiger charge is -2.32. The molecular weight excluding hydrogens is 448 g/mol. The van der Waals surface area contributed by atoms with Crippen LogP contribution in [0.15, 0.2) is 77.8 Å². The van der Waals surface area contributed by atoms with Crippen molar-refractivity contribution in [2.75, 3.05) is 28.0 Å². The number of hydrogen-bond donors (Lipinski definition) is 2. The highest BCUT2D eigenvalue weighted by atomic mass is 35.5. The molecule has 9 heteroatoms. The minimum atomic E-state index is -3.76. The van der Waals surface area contributed by atoms with E-state index < -0.39 is 10.0 Å². The van der Waals surface area contributed by atoms with Crippen molar-refractivity contribution in [1.82, 2.24) is 4.98 Å². The van der Waals surface area contributed by atoms with Crippen molar-refractivity contribution in [2.24, 2.45) is 5.92 Å². The number of anilines is 3. The summed E-state index contributed by atoms with van der Waals surface area (Å²) in [5.41, 5.74) is 0.756. The summed E-state index contributed by atoms with van der Waals surface area (Å²) in [5, 5.41) is 3.49. The summed E-state index contributed by atoms with van der Waals surface area (Å²) in [6.45, 7) is 1.41. The fraction of sp³-hybridized carbons (Fsp3) is 0.217. The second-order valence-corrected chi connectivity index (χ2v) is 9.67. The molecule has 0 spiro atoms. The molecule has 1 aliphatic rings. The predicted octanol–water partition coefficient (Wildman–Crippen LogP) is 4.39. The molecule has 2 aromatic carbocycles. The number of nitrogens with one attached hydrogen (secondary N) is 2. The maximum absolute atomic E-state index is 12.9. The fourth-order valence-corrected chi connectivity index (χ4v) is 4.86. The third-order valence-electron chi connectivity index (χ3n) is 5.38. The van der Waals surface area contributed by atoms with Gasteiger partial charge in [0.25, 0.3) is 10.0 Å². The zero-order valence-corrected chi connectivity index (χ0v) is 18.8. The average molecular weight is 471 g/mol. The SMILES string of the molecule is O=C(Nc1ccccc1NS(=O)(=O)c1ccccc1)C1CCN(c2ccc(Cl)cn2)CC1. The smallest absolute Gasteiger partial charge is 0.261 e. The third kappa shape index (κ3) is 5.20. The van der Waals surface area contributed by atoms with Crippen LogP contribution in [-0.2, 0) is 14.8 Å². The molecule has 166 valence electrons. The van der Waals surface area contributed by atoms with Crippen LogP contribution in [0.1, 0.15) is 12.8 Å². The van der Waals surface area contributed by atoms with Gasteiger partial charge in [0.1, 0.15) is 5.82 Å². The zero-order chi connectivity index (χ0) is 22.6. The minimum Gasteiger partial charge on any atom is -0.357 e. The molecule has 32 heavy (non-hydrogen) atoms. The van der Waals surface area contributed by atoms with Crippen LogP contribution in [0.3, 0.4) is 0 Å². The van der Waals surface area contributed by atoms with Crippen LogP contribution < -0.4 is 14.9 Å². The highest BCUT2D eigenvalue weighted by Crippen LogP contribution is 2.27. The van der Waals surface area contributed by atoms with Gasteiger partial charge in [-0.1, -0.05) is 41.9 Å². The molecule has 0 saturated carbocycles. The van der Waals surface area contributed by atoms with Crippen LogP contribution in [-0.4, -0.2) is 32.4 Å². The van der Waals surface area contributed by atoms with Gasteiger partial charge in [-0.15, -0.1) is 0 Å². The highest BCUT2D eigenvalue weighted by Gasteiger charge is 2.26. The van der Waals surface area contributed by atoms with E-state index in [1.807, 2.05) is 6.07 Å². The standard InChI is InChI=1S/C23H23ClN4O3S/c24-18-10-11-22(25-16-18)28-14-12-17(13-15-28)23(29)26-20-8-4-5-9-21(20)27-32(30,31)19-6-2-1-3-7-19/h1-11,16-17,27H,12-15H2,(H,26,29). The fourth-order valence-electron chi connectivity index (χ4n) is 3.65. The quantitative estimate of drug-likeness (QED) is 0.557. The molecule has 0 radical (unpaired) electrons. The number of nitrogens with zero attached hydrogens (tertiary/aromatic N) is 2. The van der Waals surface area contributed by atoms with Crippen molar-refractivity contribution >= 4 is 44.7 Å². The summed E-state index contributed by atoms with van der Waals surface area (Å²) in [4.78, 5) is 19.5. The number of pyridine rings is 1. The van der Waals surface area contributed by atoms with Gasteiger partial charge in [-0.2, -0.15) is 0 Å². The van der Waals surface area contributed by atoms with Crippen molar-refractivity contribution in [1.29, 1.82) is 0 Å². The topological polar surface area (TPSA) is 91.4 Å². The number of halogens is 1. The molecular formula is C23H23ClN4O3S. The molecule has 1 aromatic heterocycles. The molecule has 1 aliphatic heterocycles. The van der Waals surface area contributed by atoms with Gasteiger partial charge in [0.05, 0.1) is 21.3 Å². The molecule has 1 amide bonds. The molecule has 2 heterocycles. The van der Waals surface area contributed by atoms with Gasteiger partial charge < -0.3 is 10.2 Å². The largest absolute Gasteiger partial charge is 0.357 e. The Kier molecular flexibility index (Phi) is 6.62. The van der Waals surface area contributed by atoms with E-state index in [4.69, 9.17) is 11.6 Å². The molecule has 4 rings (SSSR count). The molecule has 0 atom stereocenters. The van der Waals surface area contributed by atoms with Gasteiger partial charge in [0.15, 0.2) is 0 Å². The van der Waals surface area contributed by atoms with Crippen LogP contribution in [0.25, 0.3) is 0 Å². The van der Waals surface area contributed by atoms with Crippen molar-refractivity contribution in [3.8, 4) is 0 Å². The summed E-state index contributed by atoms with van der Waals surface area (Å²) in [6, 6.07) is 18.6. The Labute approximate surface area is 192 Å². The number of rotatable bonds is 6. The number of hydrogen-bond acceptors (Lipinski definition) is 5. The van der Waals surface area contributed by atoms with E-state index in [1.165, 1.54) is 12.1 Å². The first-order valence-electron chi connectivity index (χ1n) is 10.3. The molecule has 1 saturated heterocycles. The van der Waals surface area contributed by atoms with E-state index in [2.05, 4.69) is 19.9 Å². The highest BCUT2D eigenvalue weighted by molar-refractivity contribution is 7.92. The zero-order valence-electron chi connectivity index (χ0n) is 17.2. The summed E-state index contributed by atoms with van der Waals surface area (Å²) in [5.74, 6) is 0.548. The van der Waals surface area contributed by atoms with Crippen LogP contribution >= 0.6 is 11.6 Å². The molecule has 1 fully saturated rings. The number of para-hydroxylation sites is 2. The van der Waals surface area contributed by atoms with Gasteiger partial charge in [-0.3, -0.25) is 9.52 Å². The lowest BCUT2D eigenvalue weighted by atomic mass is 9.95. The maximum Gasteiger partial charge on any atom is 0.261 e.